The topological polar surface area (TPSA) is 0 Å². The van der Waals surface area contributed by atoms with Crippen molar-refractivity contribution in [1.82, 2.24) is 0 Å². The van der Waals surface area contributed by atoms with E-state index in [0.29, 0.717) is 0 Å². The zero-order valence-electron chi connectivity index (χ0n) is 1.01. The molecule has 0 fully saturated rings. The third kappa shape index (κ3) is 18.9. The average Bonchev–Trinajstić information content (AvgIpc) is 0. The van der Waals surface area contributed by atoms with Crippen LogP contribution in [-0.4, -0.2) is 59.3 Å². The zero-order chi connectivity index (χ0) is 0. The van der Waals surface area contributed by atoms with Crippen molar-refractivity contribution >= 4 is 59.3 Å². The van der Waals surface area contributed by atoms with Crippen LogP contribution in [0.3, 0.4) is 0 Å². The molecule has 0 saturated heterocycles. The first-order valence-corrected chi connectivity index (χ1v) is 0. The van der Waals surface area contributed by atoms with Gasteiger partial charge in [-0.05, 0) is 0 Å². The fourth-order valence-electron chi connectivity index (χ4n) is 0. The van der Waals surface area contributed by atoms with Crippen molar-refractivity contribution in [2.75, 3.05) is 0 Å². The van der Waals surface area contributed by atoms with Gasteiger partial charge < -0.3 is 0 Å². The average molecular weight is 238 g/mol. The Morgan fingerprint density at radius 1 is 1.00 bits per heavy atom. The Kier molecular flexibility index (Phi) is 219. The quantitative estimate of drug-likeness (QED) is 0.401. The molecule has 0 spiro atoms. The molecule has 1 radical (unpaired) electrons. The van der Waals surface area contributed by atoms with Gasteiger partial charge >= 0.3 is 41.9 Å². The first-order chi connectivity index (χ1) is 0. The normalized spacial score (nSPS) is 0. The molecule has 0 N–H and O–H groups in total. The molecule has 0 nitrogen and oxygen atoms in total. The Hall–Kier alpha value is 3.26. The minimum absolute atomic E-state index is 0. The molecular weight excluding hydrogens is 231 g/mol. The Labute approximate surface area is 99.3 Å². The second-order valence-electron chi connectivity index (χ2n) is 0. The van der Waals surface area contributed by atoms with E-state index in [2.05, 4.69) is 0 Å². The van der Waals surface area contributed by atoms with Crippen LogP contribution in [0.15, 0.2) is 0 Å². The molecule has 0 atom stereocenters. The summed E-state index contributed by atoms with van der Waals surface area (Å²) in [7, 11) is 0. The fraction of sp³-hybridized carbons (Fsp3) is 0. The molecule has 0 unspecified atom stereocenters. The largest absolute Gasteiger partial charge is 0.316 e. The Balaban J connectivity index is 0. The van der Waals surface area contributed by atoms with Crippen molar-refractivity contribution < 1.29 is 41.9 Å². The summed E-state index contributed by atoms with van der Waals surface area (Å²) in [5.41, 5.74) is 0. The van der Waals surface area contributed by atoms with Crippen molar-refractivity contribution in [3.05, 3.63) is 0 Å². The summed E-state index contributed by atoms with van der Waals surface area (Å²) < 4.78 is 0. The predicted octanol–water partition coefficient (Wildman–Crippen LogP) is -2.75. The summed E-state index contributed by atoms with van der Waals surface area (Å²) in [6, 6.07) is 0. The van der Waals surface area contributed by atoms with E-state index in [0.717, 1.165) is 0 Å². The molecule has 0 aliphatic heterocycles. The molecule has 0 rings (SSSR count). The van der Waals surface area contributed by atoms with E-state index in [4.69, 9.17) is 0 Å². The van der Waals surface area contributed by atoms with Crippen LogP contribution in [0.2, 0.25) is 0 Å². The molecule has 0 aromatic carbocycles. The van der Waals surface area contributed by atoms with Gasteiger partial charge in [0.15, 0.2) is 17.4 Å². The molecular formula is H6AgAlLiMgZn. The van der Waals surface area contributed by atoms with Gasteiger partial charge in [-0.25, -0.2) is 0 Å². The van der Waals surface area contributed by atoms with Gasteiger partial charge in [-0.15, -0.1) is 0 Å². The third-order valence-corrected chi connectivity index (χ3v) is 0. The molecule has 0 aromatic heterocycles. The van der Waals surface area contributed by atoms with E-state index in [-0.39, 0.29) is 101 Å². The number of rotatable bonds is 0. The van der Waals surface area contributed by atoms with Gasteiger partial charge in [0, 0.05) is 41.9 Å². The Morgan fingerprint density at radius 3 is 1.00 bits per heavy atom. The monoisotopic (exact) mass is 235 g/mol. The minimum atomic E-state index is 0. The van der Waals surface area contributed by atoms with Crippen LogP contribution in [0.5, 0.6) is 0 Å². The molecule has 0 aliphatic carbocycles. The second kappa shape index (κ2) is 26.8. The molecule has 0 saturated carbocycles. The molecule has 0 bridgehead atoms. The van der Waals surface area contributed by atoms with Crippen molar-refractivity contribution in [2.45, 2.75) is 0 Å². The van der Waals surface area contributed by atoms with Crippen LogP contribution in [0.4, 0.5) is 0 Å². The first kappa shape index (κ1) is 41.0. The van der Waals surface area contributed by atoms with Crippen LogP contribution >= 0.6 is 0 Å². The maximum Gasteiger partial charge on any atom is 0.316 e. The van der Waals surface area contributed by atoms with E-state index >= 15 is 0 Å². The van der Waals surface area contributed by atoms with Crippen molar-refractivity contribution in [1.29, 1.82) is 0 Å². The van der Waals surface area contributed by atoms with Gasteiger partial charge in [0.2, 0.25) is 0 Å². The maximum atomic E-state index is 0. The zero-order valence-corrected chi connectivity index (χ0v) is 5.46. The smallest absolute Gasteiger partial charge is 0 e. The van der Waals surface area contributed by atoms with E-state index < -0.39 is 0 Å². The van der Waals surface area contributed by atoms with E-state index in [9.17, 15) is 0 Å². The molecule has 25 valence electrons. The molecule has 0 aromatic rings. The molecule has 5 heavy (non-hydrogen) atoms. The summed E-state index contributed by atoms with van der Waals surface area (Å²) in [5.74, 6) is 0. The predicted molar refractivity (Wildman–Crippen MR) is 25.6 cm³/mol. The molecule has 0 heterocycles. The van der Waals surface area contributed by atoms with Crippen LogP contribution in [0, 0.1) is 0 Å². The van der Waals surface area contributed by atoms with Gasteiger partial charge in [0.25, 0.3) is 0 Å². The standard InChI is InChI=1S/Ag.Al.Li.Mg.Zn.6H. The van der Waals surface area contributed by atoms with Crippen molar-refractivity contribution in [3.63, 3.8) is 0 Å². The van der Waals surface area contributed by atoms with Crippen LogP contribution in [0.25, 0.3) is 0 Å². The Morgan fingerprint density at radius 2 is 1.00 bits per heavy atom. The number of hydrogen-bond acceptors (Lipinski definition) is 0. The van der Waals surface area contributed by atoms with E-state index in [1.807, 2.05) is 0 Å². The van der Waals surface area contributed by atoms with Crippen LogP contribution in [0.1, 0.15) is 0 Å². The van der Waals surface area contributed by atoms with E-state index in [1.165, 1.54) is 0 Å². The van der Waals surface area contributed by atoms with Crippen molar-refractivity contribution in [3.8, 4) is 0 Å². The summed E-state index contributed by atoms with van der Waals surface area (Å²) in [6.45, 7) is 0. The fourth-order valence-corrected chi connectivity index (χ4v) is 0. The van der Waals surface area contributed by atoms with Gasteiger partial charge in [0.1, 0.15) is 0 Å². The molecule has 0 amide bonds. The minimum Gasteiger partial charge on any atom is 0 e. The third-order valence-electron chi connectivity index (χ3n) is 0. The molecule has 0 aliphatic rings. The summed E-state index contributed by atoms with van der Waals surface area (Å²) in [4.78, 5) is 0. The second-order valence-corrected chi connectivity index (χ2v) is 0. The van der Waals surface area contributed by atoms with Crippen molar-refractivity contribution in [2.24, 2.45) is 0 Å². The van der Waals surface area contributed by atoms with Gasteiger partial charge in [-0.3, -0.25) is 0 Å². The number of hydrogen-bond donors (Lipinski definition) is 0. The van der Waals surface area contributed by atoms with Gasteiger partial charge in [0.05, 0.1) is 0 Å². The summed E-state index contributed by atoms with van der Waals surface area (Å²) >= 11 is 0. The maximum absolute atomic E-state index is 0. The van der Waals surface area contributed by atoms with Crippen LogP contribution < -0.4 is 0 Å². The Bertz CT molecular complexity index is 11.6. The molecule has 5 heteroatoms. The summed E-state index contributed by atoms with van der Waals surface area (Å²) in [5, 5.41) is 0. The SMILES string of the molecule is [Ag].[AlH3].[LiH].[MgH2].[Zn]. The van der Waals surface area contributed by atoms with Gasteiger partial charge in [-0.1, -0.05) is 0 Å². The van der Waals surface area contributed by atoms with E-state index in [1.54, 1.807) is 0 Å². The first-order valence-electron chi connectivity index (χ1n) is 0. The summed E-state index contributed by atoms with van der Waals surface area (Å²) in [6.07, 6.45) is 0. The van der Waals surface area contributed by atoms with Gasteiger partial charge in [-0.2, -0.15) is 0 Å². The van der Waals surface area contributed by atoms with Crippen LogP contribution in [-0.2, 0) is 41.9 Å².